The molecular formula is C16H25N3O3. The first-order chi connectivity index (χ1) is 10.3. The van der Waals surface area contributed by atoms with Crippen molar-refractivity contribution in [3.05, 3.63) is 24.3 Å². The van der Waals surface area contributed by atoms with E-state index in [0.29, 0.717) is 17.9 Å². The van der Waals surface area contributed by atoms with Gasteiger partial charge in [-0.3, -0.25) is 9.59 Å². The molecule has 0 bridgehead atoms. The third kappa shape index (κ3) is 5.37. The van der Waals surface area contributed by atoms with Crippen molar-refractivity contribution in [1.82, 2.24) is 4.90 Å². The number of hydrogen-bond donors (Lipinski definition) is 2. The molecule has 1 aromatic carbocycles. The largest absolute Gasteiger partial charge is 0.484 e. The van der Waals surface area contributed by atoms with E-state index in [-0.39, 0.29) is 18.4 Å². The number of likely N-dealkylation sites (N-methyl/N-ethyl adjacent to an activating group) is 1. The second-order valence-corrected chi connectivity index (χ2v) is 5.73. The monoisotopic (exact) mass is 307 g/mol. The average molecular weight is 307 g/mol. The second kappa shape index (κ2) is 7.79. The molecule has 0 spiro atoms. The molecule has 1 unspecified atom stereocenters. The molecule has 0 aliphatic heterocycles. The summed E-state index contributed by atoms with van der Waals surface area (Å²) >= 11 is 0. The molecule has 0 aliphatic rings. The Bertz CT molecular complexity index is 527. The Labute approximate surface area is 131 Å². The highest BCUT2D eigenvalue weighted by Crippen LogP contribution is 2.19. The predicted octanol–water partition coefficient (Wildman–Crippen LogP) is 1.61. The molecule has 0 aliphatic carbocycles. The van der Waals surface area contributed by atoms with Gasteiger partial charge in [0.1, 0.15) is 5.75 Å². The van der Waals surface area contributed by atoms with Crippen molar-refractivity contribution in [2.75, 3.05) is 26.0 Å². The lowest BCUT2D eigenvalue weighted by Gasteiger charge is -2.23. The van der Waals surface area contributed by atoms with Crippen LogP contribution in [0.3, 0.4) is 0 Å². The molecular weight excluding hydrogens is 282 g/mol. The molecule has 1 rings (SSSR count). The van der Waals surface area contributed by atoms with Gasteiger partial charge in [-0.25, -0.2) is 0 Å². The smallest absolute Gasteiger partial charge is 0.259 e. The number of nitrogens with two attached hydrogens (primary N) is 1. The molecule has 6 heteroatoms. The number of rotatable bonds is 7. The maximum Gasteiger partial charge on any atom is 0.259 e. The Morgan fingerprint density at radius 1 is 1.36 bits per heavy atom. The van der Waals surface area contributed by atoms with Crippen LogP contribution >= 0.6 is 0 Å². The van der Waals surface area contributed by atoms with Gasteiger partial charge in [-0.1, -0.05) is 19.4 Å². The number of carbonyl (C=O) groups excluding carboxylic acids is 2. The fraction of sp³-hybridized carbons (Fsp3) is 0.500. The molecule has 6 nitrogen and oxygen atoms in total. The first kappa shape index (κ1) is 18.0. The first-order valence-electron chi connectivity index (χ1n) is 7.29. The van der Waals surface area contributed by atoms with Crippen molar-refractivity contribution in [3.8, 4) is 5.75 Å². The van der Waals surface area contributed by atoms with E-state index < -0.39 is 5.54 Å². The number of benzene rings is 1. The van der Waals surface area contributed by atoms with Crippen LogP contribution in [0.15, 0.2) is 24.3 Å². The predicted molar refractivity (Wildman–Crippen MR) is 86.8 cm³/mol. The third-order valence-electron chi connectivity index (χ3n) is 3.24. The Kier molecular flexibility index (Phi) is 6.37. The summed E-state index contributed by atoms with van der Waals surface area (Å²) in [4.78, 5) is 25.1. The van der Waals surface area contributed by atoms with Gasteiger partial charge in [-0.15, -0.1) is 0 Å². The molecule has 122 valence electrons. The average Bonchev–Trinajstić information content (AvgIpc) is 2.44. The molecule has 1 atom stereocenters. The number of ether oxygens (including phenoxy) is 1. The van der Waals surface area contributed by atoms with Crippen LogP contribution in [0, 0.1) is 0 Å². The van der Waals surface area contributed by atoms with Crippen LogP contribution in [0.5, 0.6) is 5.75 Å². The highest BCUT2D eigenvalue weighted by atomic mass is 16.5. The fourth-order valence-electron chi connectivity index (χ4n) is 1.84. The van der Waals surface area contributed by atoms with E-state index in [2.05, 4.69) is 5.32 Å². The van der Waals surface area contributed by atoms with Crippen LogP contribution < -0.4 is 15.8 Å². The third-order valence-corrected chi connectivity index (χ3v) is 3.24. The van der Waals surface area contributed by atoms with E-state index in [1.807, 2.05) is 6.92 Å². The summed E-state index contributed by atoms with van der Waals surface area (Å²) in [6.45, 7) is 3.64. The van der Waals surface area contributed by atoms with E-state index >= 15 is 0 Å². The number of nitrogens with one attached hydrogen (secondary N) is 1. The molecule has 2 amide bonds. The van der Waals surface area contributed by atoms with Crippen molar-refractivity contribution in [2.45, 2.75) is 32.2 Å². The van der Waals surface area contributed by atoms with E-state index in [1.54, 1.807) is 45.3 Å². The Morgan fingerprint density at radius 2 is 2.05 bits per heavy atom. The van der Waals surface area contributed by atoms with Gasteiger partial charge < -0.3 is 20.7 Å². The quantitative estimate of drug-likeness (QED) is 0.801. The molecule has 3 N–H and O–H groups in total. The summed E-state index contributed by atoms with van der Waals surface area (Å²) in [5, 5.41) is 2.78. The zero-order chi connectivity index (χ0) is 16.8. The molecule has 0 heterocycles. The minimum Gasteiger partial charge on any atom is -0.484 e. The van der Waals surface area contributed by atoms with Crippen molar-refractivity contribution < 1.29 is 14.3 Å². The van der Waals surface area contributed by atoms with Gasteiger partial charge in [0.05, 0.1) is 5.54 Å². The van der Waals surface area contributed by atoms with Gasteiger partial charge >= 0.3 is 0 Å². The van der Waals surface area contributed by atoms with Gasteiger partial charge in [0.15, 0.2) is 6.61 Å². The summed E-state index contributed by atoms with van der Waals surface area (Å²) in [6, 6.07) is 6.90. The zero-order valence-corrected chi connectivity index (χ0v) is 13.7. The normalized spacial score (nSPS) is 13.1. The molecule has 0 saturated heterocycles. The van der Waals surface area contributed by atoms with Gasteiger partial charge in [0.25, 0.3) is 5.91 Å². The van der Waals surface area contributed by atoms with E-state index in [1.165, 1.54) is 4.90 Å². The van der Waals surface area contributed by atoms with Crippen LogP contribution in [-0.4, -0.2) is 43.0 Å². The van der Waals surface area contributed by atoms with Gasteiger partial charge in [-0.05, 0) is 25.5 Å². The molecule has 0 aromatic heterocycles. The SMILES string of the molecule is CCCC(C)(N)C(=O)Nc1cccc(OCC(=O)N(C)C)c1. The minimum absolute atomic E-state index is 0.0468. The lowest BCUT2D eigenvalue weighted by Crippen LogP contribution is -2.48. The summed E-state index contributed by atoms with van der Waals surface area (Å²) in [5.74, 6) is 0.144. The topological polar surface area (TPSA) is 84.7 Å². The molecule has 1 aromatic rings. The summed E-state index contributed by atoms with van der Waals surface area (Å²) < 4.78 is 5.41. The Balaban J connectivity index is 2.68. The second-order valence-electron chi connectivity index (χ2n) is 5.73. The molecule has 0 radical (unpaired) electrons. The highest BCUT2D eigenvalue weighted by molar-refractivity contribution is 5.97. The minimum atomic E-state index is -0.910. The van der Waals surface area contributed by atoms with E-state index in [0.717, 1.165) is 6.42 Å². The standard InChI is InChI=1S/C16H25N3O3/c1-5-9-16(2,17)15(21)18-12-7-6-8-13(10-12)22-11-14(20)19(3)4/h6-8,10H,5,9,11,17H2,1-4H3,(H,18,21). The van der Waals surface area contributed by atoms with Crippen LogP contribution in [0.25, 0.3) is 0 Å². The van der Waals surface area contributed by atoms with E-state index in [9.17, 15) is 9.59 Å². The lowest BCUT2D eigenvalue weighted by atomic mass is 9.96. The van der Waals surface area contributed by atoms with Gasteiger partial charge in [0, 0.05) is 25.8 Å². The molecule has 22 heavy (non-hydrogen) atoms. The van der Waals surface area contributed by atoms with Crippen molar-refractivity contribution in [2.24, 2.45) is 5.73 Å². The summed E-state index contributed by atoms with van der Waals surface area (Å²) in [6.07, 6.45) is 1.43. The van der Waals surface area contributed by atoms with Crippen LogP contribution in [0.4, 0.5) is 5.69 Å². The van der Waals surface area contributed by atoms with Crippen molar-refractivity contribution in [1.29, 1.82) is 0 Å². The number of amides is 2. The zero-order valence-electron chi connectivity index (χ0n) is 13.7. The number of carbonyl (C=O) groups is 2. The summed E-state index contributed by atoms with van der Waals surface area (Å²) in [7, 11) is 3.33. The Hall–Kier alpha value is -2.08. The Morgan fingerprint density at radius 3 is 2.64 bits per heavy atom. The van der Waals surface area contributed by atoms with Crippen molar-refractivity contribution >= 4 is 17.5 Å². The molecule has 0 saturated carbocycles. The molecule has 0 fully saturated rings. The van der Waals surface area contributed by atoms with Gasteiger partial charge in [0.2, 0.25) is 5.91 Å². The van der Waals surface area contributed by atoms with E-state index in [4.69, 9.17) is 10.5 Å². The van der Waals surface area contributed by atoms with Crippen LogP contribution in [0.2, 0.25) is 0 Å². The van der Waals surface area contributed by atoms with Crippen LogP contribution in [0.1, 0.15) is 26.7 Å². The number of nitrogens with zero attached hydrogens (tertiary/aromatic N) is 1. The maximum atomic E-state index is 12.2. The highest BCUT2D eigenvalue weighted by Gasteiger charge is 2.27. The first-order valence-corrected chi connectivity index (χ1v) is 7.29. The van der Waals surface area contributed by atoms with Crippen molar-refractivity contribution in [3.63, 3.8) is 0 Å². The lowest BCUT2D eigenvalue weighted by molar-refractivity contribution is -0.130. The maximum absolute atomic E-state index is 12.2. The number of anilines is 1. The summed E-state index contributed by atoms with van der Waals surface area (Å²) in [5.41, 5.74) is 5.68. The fourth-order valence-corrected chi connectivity index (χ4v) is 1.84. The number of hydrogen-bond acceptors (Lipinski definition) is 4. The van der Waals surface area contributed by atoms with Gasteiger partial charge in [-0.2, -0.15) is 0 Å². The van der Waals surface area contributed by atoms with Crippen LogP contribution in [-0.2, 0) is 9.59 Å².